The highest BCUT2D eigenvalue weighted by molar-refractivity contribution is 6.34. The number of anilines is 1. The number of halogens is 1. The Morgan fingerprint density at radius 1 is 1.21 bits per heavy atom. The number of carbonyl (C=O) groups is 2. The Morgan fingerprint density at radius 2 is 1.89 bits per heavy atom. The Balaban J connectivity index is 1.80. The normalized spacial score (nSPS) is 11.4. The molecule has 148 valence electrons. The summed E-state index contributed by atoms with van der Waals surface area (Å²) in [5.74, 6) is -0.565. The Kier molecular flexibility index (Phi) is 7.34. The summed E-state index contributed by atoms with van der Waals surface area (Å²) in [5.41, 5.74) is 1.08. The number of carbonyl (C=O) groups excluding carboxylic acids is 2. The first-order valence-corrected chi connectivity index (χ1v) is 8.78. The maximum Gasteiger partial charge on any atom is 0.310 e. The van der Waals surface area contributed by atoms with Crippen molar-refractivity contribution in [2.45, 2.75) is 26.4 Å². The maximum atomic E-state index is 12.1. The van der Waals surface area contributed by atoms with E-state index in [2.05, 4.69) is 5.32 Å². The number of hydrogen-bond acceptors (Lipinski definition) is 6. The maximum absolute atomic E-state index is 12.1. The molecular formula is C19H19ClN2O6. The van der Waals surface area contributed by atoms with E-state index in [0.29, 0.717) is 5.75 Å². The van der Waals surface area contributed by atoms with Crippen LogP contribution >= 0.6 is 11.6 Å². The zero-order chi connectivity index (χ0) is 20.7. The summed E-state index contributed by atoms with van der Waals surface area (Å²) in [6.45, 7) is 3.48. The summed E-state index contributed by atoms with van der Waals surface area (Å²) in [7, 11) is 0. The van der Waals surface area contributed by atoms with Crippen molar-refractivity contribution in [1.82, 2.24) is 0 Å². The lowest BCUT2D eigenvalue weighted by Gasteiger charge is -2.14. The zero-order valence-corrected chi connectivity index (χ0v) is 16.1. The number of esters is 1. The summed E-state index contributed by atoms with van der Waals surface area (Å²) in [6, 6.07) is 11.0. The largest absolute Gasteiger partial charge is 0.493 e. The Hall–Kier alpha value is -3.13. The van der Waals surface area contributed by atoms with Gasteiger partial charge in [-0.1, -0.05) is 29.3 Å². The SMILES string of the molecule is Cc1ccc(OCCC(=O)OC(C)C(=O)Nc2ccc([N+](=O)[O-])cc2Cl)cc1. The molecule has 1 atom stereocenters. The number of nitro benzene ring substituents is 1. The fraction of sp³-hybridized carbons (Fsp3) is 0.263. The first kappa shape index (κ1) is 21.2. The Labute approximate surface area is 166 Å². The monoisotopic (exact) mass is 406 g/mol. The first-order valence-electron chi connectivity index (χ1n) is 8.40. The third-order valence-electron chi connectivity index (χ3n) is 3.69. The van der Waals surface area contributed by atoms with Gasteiger partial charge in [0.1, 0.15) is 5.75 Å². The van der Waals surface area contributed by atoms with Gasteiger partial charge in [-0.05, 0) is 32.0 Å². The van der Waals surface area contributed by atoms with Gasteiger partial charge in [0.25, 0.3) is 11.6 Å². The molecule has 0 aliphatic heterocycles. The molecule has 0 heterocycles. The van der Waals surface area contributed by atoms with Crippen molar-refractivity contribution in [1.29, 1.82) is 0 Å². The number of aryl methyl sites for hydroxylation is 1. The lowest BCUT2D eigenvalue weighted by molar-refractivity contribution is -0.384. The summed E-state index contributed by atoms with van der Waals surface area (Å²) in [6.07, 6.45) is -1.10. The van der Waals surface area contributed by atoms with Crippen LogP contribution in [-0.4, -0.2) is 29.5 Å². The van der Waals surface area contributed by atoms with Gasteiger partial charge in [0.05, 0.1) is 28.7 Å². The molecule has 2 aromatic carbocycles. The van der Waals surface area contributed by atoms with Crippen molar-refractivity contribution in [3.63, 3.8) is 0 Å². The minimum absolute atomic E-state index is 0.00701. The second-order valence-corrected chi connectivity index (χ2v) is 6.36. The van der Waals surface area contributed by atoms with Crippen LogP contribution in [0.4, 0.5) is 11.4 Å². The molecule has 2 rings (SSSR count). The van der Waals surface area contributed by atoms with E-state index in [1.54, 1.807) is 12.1 Å². The average Bonchev–Trinajstić information content (AvgIpc) is 2.64. The quantitative estimate of drug-likeness (QED) is 0.404. The Morgan fingerprint density at radius 3 is 2.50 bits per heavy atom. The van der Waals surface area contributed by atoms with E-state index < -0.39 is 22.9 Å². The number of nitrogens with one attached hydrogen (secondary N) is 1. The molecule has 8 nitrogen and oxygen atoms in total. The molecule has 0 saturated carbocycles. The van der Waals surface area contributed by atoms with Gasteiger partial charge in [0.15, 0.2) is 6.10 Å². The lowest BCUT2D eigenvalue weighted by atomic mass is 10.2. The van der Waals surface area contributed by atoms with E-state index in [1.165, 1.54) is 19.1 Å². The van der Waals surface area contributed by atoms with Gasteiger partial charge in [0.2, 0.25) is 0 Å². The van der Waals surface area contributed by atoms with E-state index >= 15 is 0 Å². The topological polar surface area (TPSA) is 108 Å². The van der Waals surface area contributed by atoms with Crippen LogP contribution in [0.25, 0.3) is 0 Å². The van der Waals surface area contributed by atoms with Crippen molar-refractivity contribution in [2.75, 3.05) is 11.9 Å². The van der Waals surface area contributed by atoms with Gasteiger partial charge >= 0.3 is 5.97 Å². The van der Waals surface area contributed by atoms with Crippen LogP contribution in [-0.2, 0) is 14.3 Å². The number of hydrogen-bond donors (Lipinski definition) is 1. The zero-order valence-electron chi connectivity index (χ0n) is 15.3. The highest BCUT2D eigenvalue weighted by Gasteiger charge is 2.19. The number of nitro groups is 1. The van der Waals surface area contributed by atoms with E-state index in [9.17, 15) is 19.7 Å². The standard InChI is InChI=1S/C19H19ClN2O6/c1-12-3-6-15(7-4-12)27-10-9-18(23)28-13(2)19(24)21-17-8-5-14(22(25)26)11-16(17)20/h3-8,11,13H,9-10H2,1-2H3,(H,21,24). The van der Waals surface area contributed by atoms with Crippen molar-refractivity contribution < 1.29 is 24.0 Å². The van der Waals surface area contributed by atoms with E-state index in [4.69, 9.17) is 21.1 Å². The summed E-state index contributed by atoms with van der Waals surface area (Å²) >= 11 is 5.92. The van der Waals surface area contributed by atoms with Gasteiger partial charge in [0, 0.05) is 12.1 Å². The van der Waals surface area contributed by atoms with Crippen LogP contribution in [0.5, 0.6) is 5.75 Å². The number of amides is 1. The summed E-state index contributed by atoms with van der Waals surface area (Å²) < 4.78 is 10.5. The number of ether oxygens (including phenoxy) is 2. The van der Waals surface area contributed by atoms with Crippen molar-refractivity contribution in [3.8, 4) is 5.75 Å². The van der Waals surface area contributed by atoms with Gasteiger partial charge in [-0.25, -0.2) is 0 Å². The summed E-state index contributed by atoms with van der Waals surface area (Å²) in [4.78, 5) is 34.1. The predicted molar refractivity (Wildman–Crippen MR) is 104 cm³/mol. The molecule has 1 N–H and O–H groups in total. The minimum Gasteiger partial charge on any atom is -0.493 e. The predicted octanol–water partition coefficient (Wildman–Crippen LogP) is 3.90. The van der Waals surface area contributed by atoms with E-state index in [1.807, 2.05) is 19.1 Å². The molecule has 1 unspecified atom stereocenters. The minimum atomic E-state index is -1.07. The van der Waals surface area contributed by atoms with Gasteiger partial charge in [-0.15, -0.1) is 0 Å². The molecule has 0 fully saturated rings. The van der Waals surface area contributed by atoms with E-state index in [-0.39, 0.29) is 29.4 Å². The third kappa shape index (κ3) is 6.24. The van der Waals surface area contributed by atoms with Crippen molar-refractivity contribution in [2.24, 2.45) is 0 Å². The van der Waals surface area contributed by atoms with Crippen LogP contribution in [0, 0.1) is 17.0 Å². The third-order valence-corrected chi connectivity index (χ3v) is 4.01. The van der Waals surface area contributed by atoms with Crippen LogP contribution in [0.2, 0.25) is 5.02 Å². The van der Waals surface area contributed by atoms with E-state index in [0.717, 1.165) is 11.6 Å². The molecule has 0 spiro atoms. The molecular weight excluding hydrogens is 388 g/mol. The molecule has 28 heavy (non-hydrogen) atoms. The van der Waals surface area contributed by atoms with Gasteiger partial charge in [-0.2, -0.15) is 0 Å². The Bertz CT molecular complexity index is 869. The highest BCUT2D eigenvalue weighted by Crippen LogP contribution is 2.26. The van der Waals surface area contributed by atoms with Crippen LogP contribution in [0.3, 0.4) is 0 Å². The number of non-ortho nitro benzene ring substituents is 1. The van der Waals surface area contributed by atoms with Crippen LogP contribution in [0.1, 0.15) is 18.9 Å². The number of nitrogens with zero attached hydrogens (tertiary/aromatic N) is 1. The van der Waals surface area contributed by atoms with Gasteiger partial charge in [-0.3, -0.25) is 19.7 Å². The molecule has 0 aromatic heterocycles. The lowest BCUT2D eigenvalue weighted by Crippen LogP contribution is -2.30. The molecule has 2 aromatic rings. The fourth-order valence-electron chi connectivity index (χ4n) is 2.15. The van der Waals surface area contributed by atoms with Crippen LogP contribution < -0.4 is 10.1 Å². The average molecular weight is 407 g/mol. The van der Waals surface area contributed by atoms with Crippen LogP contribution in [0.15, 0.2) is 42.5 Å². The second kappa shape index (κ2) is 9.70. The molecule has 9 heteroatoms. The fourth-order valence-corrected chi connectivity index (χ4v) is 2.37. The summed E-state index contributed by atoms with van der Waals surface area (Å²) in [5, 5.41) is 13.2. The molecule has 0 aliphatic rings. The number of benzene rings is 2. The molecule has 0 bridgehead atoms. The number of rotatable bonds is 8. The smallest absolute Gasteiger partial charge is 0.310 e. The van der Waals surface area contributed by atoms with Crippen molar-refractivity contribution >= 4 is 34.9 Å². The first-order chi connectivity index (χ1) is 13.3. The molecule has 0 radical (unpaired) electrons. The highest BCUT2D eigenvalue weighted by atomic mass is 35.5. The second-order valence-electron chi connectivity index (χ2n) is 5.95. The molecule has 0 saturated heterocycles. The molecule has 0 aliphatic carbocycles. The molecule has 1 amide bonds. The van der Waals surface area contributed by atoms with Crippen molar-refractivity contribution in [3.05, 3.63) is 63.2 Å². The van der Waals surface area contributed by atoms with Gasteiger partial charge < -0.3 is 14.8 Å².